The van der Waals surface area contributed by atoms with Crippen molar-refractivity contribution in [3.8, 4) is 10.6 Å². The van der Waals surface area contributed by atoms with Gasteiger partial charge in [0.1, 0.15) is 16.3 Å². The molecule has 204 valence electrons. The third kappa shape index (κ3) is 5.38. The molecular formula is C27H36N6O2S3. The number of rotatable bonds is 9. The Morgan fingerprint density at radius 1 is 1.13 bits per heavy atom. The molecule has 0 aliphatic heterocycles. The zero-order valence-corrected chi connectivity index (χ0v) is 25.1. The van der Waals surface area contributed by atoms with E-state index < -0.39 is 9.84 Å². The zero-order valence-electron chi connectivity index (χ0n) is 22.6. The molecule has 3 aliphatic carbocycles. The molecule has 3 aromatic heterocycles. The summed E-state index contributed by atoms with van der Waals surface area (Å²) in [7, 11) is -2.97. The van der Waals surface area contributed by atoms with Crippen molar-refractivity contribution in [2.75, 3.05) is 29.2 Å². The van der Waals surface area contributed by atoms with E-state index in [0.29, 0.717) is 11.9 Å². The molecule has 8 nitrogen and oxygen atoms in total. The molecule has 3 unspecified atom stereocenters. The third-order valence-corrected chi connectivity index (χ3v) is 11.7. The lowest BCUT2D eigenvalue weighted by Gasteiger charge is -2.20. The monoisotopic (exact) mass is 572 g/mol. The third-order valence-electron chi connectivity index (χ3n) is 7.73. The largest absolute Gasteiger partial charge is 0.367 e. The first-order valence-electron chi connectivity index (χ1n) is 13.5. The van der Waals surface area contributed by atoms with Gasteiger partial charge in [0.2, 0.25) is 5.95 Å². The van der Waals surface area contributed by atoms with E-state index >= 15 is 0 Å². The van der Waals surface area contributed by atoms with Crippen molar-refractivity contribution in [3.63, 3.8) is 0 Å². The van der Waals surface area contributed by atoms with E-state index in [0.717, 1.165) is 63.1 Å². The van der Waals surface area contributed by atoms with Crippen molar-refractivity contribution >= 4 is 54.9 Å². The summed E-state index contributed by atoms with van der Waals surface area (Å²) in [6, 6.07) is 2.24. The number of fused-ring (bicyclic) bond motifs is 2. The second-order valence-electron chi connectivity index (χ2n) is 12.0. The van der Waals surface area contributed by atoms with Gasteiger partial charge in [0, 0.05) is 41.5 Å². The predicted molar refractivity (Wildman–Crippen MR) is 158 cm³/mol. The lowest BCUT2D eigenvalue weighted by molar-refractivity contribution is 0.581. The van der Waals surface area contributed by atoms with E-state index in [1.54, 1.807) is 11.3 Å². The molecule has 6 rings (SSSR count). The minimum absolute atomic E-state index is 0.165. The number of hydrogen-bond donors (Lipinski definition) is 2. The Kier molecular flexibility index (Phi) is 6.62. The molecule has 4 atom stereocenters. The number of thioether (sulfide) groups is 1. The summed E-state index contributed by atoms with van der Waals surface area (Å²) >= 11 is 3.57. The molecule has 3 heterocycles. The van der Waals surface area contributed by atoms with Gasteiger partial charge in [-0.25, -0.2) is 18.4 Å². The van der Waals surface area contributed by atoms with Gasteiger partial charge in [-0.3, -0.25) is 4.98 Å². The van der Waals surface area contributed by atoms with Gasteiger partial charge in [-0.1, -0.05) is 20.8 Å². The standard InChI is InChI=1S/C27H36N6O2S3/c1-14-20(25-32-22-19(37-25)8-9-28-21(22)15-6-7-15)24(33-26(30-14)29-10-11-36-27(2,3)4)31-16-12-17-18(13-16)23(17)38(5,34)35/h8-9,15-18,23H,6-7,10-13H2,1-5H3,(H2,29,30,31,33)/t16?,17-,18?,23?/m0/s1. The molecular weight excluding hydrogens is 537 g/mol. The second kappa shape index (κ2) is 9.59. The molecule has 2 N–H and O–H groups in total. The molecule has 11 heteroatoms. The molecule has 3 aromatic rings. The van der Waals surface area contributed by atoms with Gasteiger partial charge in [0.25, 0.3) is 0 Å². The molecule has 0 spiro atoms. The highest BCUT2D eigenvalue weighted by molar-refractivity contribution is 8.00. The van der Waals surface area contributed by atoms with Crippen LogP contribution in [-0.2, 0) is 9.84 Å². The molecule has 0 amide bonds. The molecule has 0 aromatic carbocycles. The summed E-state index contributed by atoms with van der Waals surface area (Å²) in [5.41, 5.74) is 3.92. The van der Waals surface area contributed by atoms with Crippen LogP contribution in [-0.4, -0.2) is 62.9 Å². The summed E-state index contributed by atoms with van der Waals surface area (Å²) < 4.78 is 25.5. The lowest BCUT2D eigenvalue weighted by atomic mass is 10.1. The number of sulfone groups is 1. The number of aromatic nitrogens is 4. The number of aryl methyl sites for hydroxylation is 1. The first-order valence-corrected chi connectivity index (χ1v) is 17.2. The Morgan fingerprint density at radius 2 is 1.87 bits per heavy atom. The number of thiazole rings is 1. The fraction of sp³-hybridized carbons (Fsp3) is 0.630. The van der Waals surface area contributed by atoms with Gasteiger partial charge >= 0.3 is 0 Å². The Morgan fingerprint density at radius 3 is 2.53 bits per heavy atom. The van der Waals surface area contributed by atoms with Crippen LogP contribution in [0, 0.1) is 18.8 Å². The van der Waals surface area contributed by atoms with Crippen LogP contribution in [0.25, 0.3) is 20.8 Å². The van der Waals surface area contributed by atoms with E-state index in [9.17, 15) is 8.42 Å². The number of pyridine rings is 1. The Bertz CT molecular complexity index is 1470. The predicted octanol–water partition coefficient (Wildman–Crippen LogP) is 5.51. The summed E-state index contributed by atoms with van der Waals surface area (Å²) in [6.07, 6.45) is 7.33. The van der Waals surface area contributed by atoms with Crippen molar-refractivity contribution < 1.29 is 8.42 Å². The average molecular weight is 573 g/mol. The molecule has 3 fully saturated rings. The van der Waals surface area contributed by atoms with Gasteiger partial charge in [-0.15, -0.1) is 11.3 Å². The highest BCUT2D eigenvalue weighted by atomic mass is 32.2. The molecule has 0 bridgehead atoms. The summed E-state index contributed by atoms with van der Waals surface area (Å²) in [5.74, 6) is 3.40. The Hall–Kier alpha value is -1.98. The van der Waals surface area contributed by atoms with Crippen LogP contribution in [0.5, 0.6) is 0 Å². The van der Waals surface area contributed by atoms with Crippen molar-refractivity contribution in [1.29, 1.82) is 0 Å². The molecule has 3 saturated carbocycles. The van der Waals surface area contributed by atoms with Gasteiger partial charge in [-0.2, -0.15) is 16.7 Å². The maximum Gasteiger partial charge on any atom is 0.224 e. The highest BCUT2D eigenvalue weighted by Gasteiger charge is 2.61. The van der Waals surface area contributed by atoms with Gasteiger partial charge in [-0.05, 0) is 50.5 Å². The van der Waals surface area contributed by atoms with Gasteiger partial charge in [0.05, 0.1) is 26.9 Å². The number of hydrogen-bond acceptors (Lipinski definition) is 10. The normalized spacial score (nSPS) is 25.0. The number of nitrogens with zero attached hydrogens (tertiary/aromatic N) is 4. The van der Waals surface area contributed by atoms with Crippen LogP contribution in [0.1, 0.15) is 63.8 Å². The van der Waals surface area contributed by atoms with Crippen LogP contribution in [0.2, 0.25) is 0 Å². The average Bonchev–Trinajstić information content (AvgIpc) is 3.69. The number of nitrogens with one attached hydrogen (secondary N) is 2. The fourth-order valence-electron chi connectivity index (χ4n) is 5.90. The fourth-order valence-corrected chi connectivity index (χ4v) is 9.59. The van der Waals surface area contributed by atoms with E-state index in [1.807, 2.05) is 30.9 Å². The topological polar surface area (TPSA) is 110 Å². The van der Waals surface area contributed by atoms with Crippen molar-refractivity contribution in [1.82, 2.24) is 19.9 Å². The maximum absolute atomic E-state index is 12.1. The van der Waals surface area contributed by atoms with Crippen LogP contribution in [0.3, 0.4) is 0 Å². The van der Waals surface area contributed by atoms with E-state index in [-0.39, 0.29) is 27.9 Å². The minimum Gasteiger partial charge on any atom is -0.367 e. The van der Waals surface area contributed by atoms with Crippen molar-refractivity contribution in [2.45, 2.75) is 75.3 Å². The van der Waals surface area contributed by atoms with Crippen LogP contribution >= 0.6 is 23.1 Å². The van der Waals surface area contributed by atoms with Gasteiger partial charge < -0.3 is 10.6 Å². The van der Waals surface area contributed by atoms with Crippen molar-refractivity contribution in [3.05, 3.63) is 23.7 Å². The van der Waals surface area contributed by atoms with Gasteiger partial charge in [0.15, 0.2) is 9.84 Å². The van der Waals surface area contributed by atoms with Crippen molar-refractivity contribution in [2.24, 2.45) is 11.8 Å². The van der Waals surface area contributed by atoms with E-state index in [4.69, 9.17) is 15.0 Å². The maximum atomic E-state index is 12.1. The summed E-state index contributed by atoms with van der Waals surface area (Å²) in [5, 5.41) is 7.85. The Labute approximate surface area is 233 Å². The van der Waals surface area contributed by atoms with Crippen LogP contribution in [0.15, 0.2) is 12.3 Å². The zero-order chi connectivity index (χ0) is 26.8. The summed E-state index contributed by atoms with van der Waals surface area (Å²) in [4.78, 5) is 19.5. The first-order chi connectivity index (χ1) is 18.0. The summed E-state index contributed by atoms with van der Waals surface area (Å²) in [6.45, 7) is 9.46. The molecule has 3 aliphatic rings. The van der Waals surface area contributed by atoms with E-state index in [1.165, 1.54) is 19.1 Å². The van der Waals surface area contributed by atoms with E-state index in [2.05, 4.69) is 36.4 Å². The smallest absolute Gasteiger partial charge is 0.224 e. The minimum atomic E-state index is -2.97. The van der Waals surface area contributed by atoms with Crippen LogP contribution < -0.4 is 10.6 Å². The lowest BCUT2D eigenvalue weighted by Crippen LogP contribution is -2.23. The quantitative estimate of drug-likeness (QED) is 0.321. The molecule has 0 radical (unpaired) electrons. The SMILES string of the molecule is Cc1nc(NCCSC(C)(C)C)nc(NC2CC3C(S(C)(=O)=O)[C@H]3C2)c1-c1nc2c(C3CC3)nccc2s1. The van der Waals surface area contributed by atoms with Crippen LogP contribution in [0.4, 0.5) is 11.8 Å². The second-order valence-corrected chi connectivity index (χ2v) is 17.2. The Balaban J connectivity index is 1.29. The highest BCUT2D eigenvalue weighted by Crippen LogP contribution is 2.56. The molecule has 38 heavy (non-hydrogen) atoms. The molecule has 0 saturated heterocycles. The first kappa shape index (κ1) is 26.3. The number of anilines is 2.